The number of quaternary nitrogens is 1. The van der Waals surface area contributed by atoms with E-state index in [-0.39, 0.29) is 24.5 Å². The molecule has 0 saturated carbocycles. The van der Waals surface area contributed by atoms with E-state index in [4.69, 9.17) is 0 Å². The lowest BCUT2D eigenvalue weighted by molar-refractivity contribution is -0.895. The van der Waals surface area contributed by atoms with E-state index in [0.717, 1.165) is 29.9 Å². The topological polar surface area (TPSA) is 100 Å². The smallest absolute Gasteiger partial charge is 0.321 e. The SMILES string of the molecule is CCCCNC(=O)NC(=O)C[NH+]1CCN(S(=O)(=O)c2ccc(F)cc2)CC1. The Balaban J connectivity index is 1.80. The van der Waals surface area contributed by atoms with Crippen LogP contribution in [0.4, 0.5) is 9.18 Å². The summed E-state index contributed by atoms with van der Waals surface area (Å²) in [6.07, 6.45) is 1.79. The number of urea groups is 1. The molecule has 2 rings (SSSR count). The molecule has 0 aliphatic carbocycles. The van der Waals surface area contributed by atoms with Gasteiger partial charge in [0, 0.05) is 6.54 Å². The van der Waals surface area contributed by atoms with Crippen molar-refractivity contribution in [1.82, 2.24) is 14.9 Å². The van der Waals surface area contributed by atoms with Crippen molar-refractivity contribution in [2.24, 2.45) is 0 Å². The first-order valence-corrected chi connectivity index (χ1v) is 10.4. The number of hydrogen-bond donors (Lipinski definition) is 3. The van der Waals surface area contributed by atoms with Crippen molar-refractivity contribution in [3.8, 4) is 0 Å². The Morgan fingerprint density at radius 1 is 1.19 bits per heavy atom. The Hall–Kier alpha value is -2.04. The summed E-state index contributed by atoms with van der Waals surface area (Å²) in [5, 5.41) is 4.89. The fourth-order valence-corrected chi connectivity index (χ4v) is 4.24. The van der Waals surface area contributed by atoms with Crippen LogP contribution < -0.4 is 15.5 Å². The van der Waals surface area contributed by atoms with Crippen LogP contribution in [0.1, 0.15) is 19.8 Å². The molecule has 1 aliphatic rings. The van der Waals surface area contributed by atoms with Crippen LogP contribution in [0.25, 0.3) is 0 Å². The van der Waals surface area contributed by atoms with Crippen LogP contribution >= 0.6 is 0 Å². The molecule has 1 saturated heterocycles. The highest BCUT2D eigenvalue weighted by Crippen LogP contribution is 2.15. The predicted molar refractivity (Wildman–Crippen MR) is 97.2 cm³/mol. The molecule has 8 nitrogen and oxygen atoms in total. The Morgan fingerprint density at radius 3 is 2.41 bits per heavy atom. The largest absolute Gasteiger partial charge is 0.338 e. The molecule has 1 aliphatic heterocycles. The second-order valence-electron chi connectivity index (χ2n) is 6.44. The van der Waals surface area contributed by atoms with Crippen molar-refractivity contribution in [3.63, 3.8) is 0 Å². The van der Waals surface area contributed by atoms with Crippen LogP contribution in [0.15, 0.2) is 29.2 Å². The summed E-state index contributed by atoms with van der Waals surface area (Å²) in [6, 6.07) is 4.21. The Kier molecular flexibility index (Phi) is 7.69. The molecular formula is C17H26FN4O4S+. The molecule has 0 radical (unpaired) electrons. The molecule has 0 aromatic heterocycles. The van der Waals surface area contributed by atoms with Crippen LogP contribution in [-0.4, -0.2) is 63.9 Å². The van der Waals surface area contributed by atoms with Gasteiger partial charge < -0.3 is 10.2 Å². The number of carbonyl (C=O) groups is 2. The standard InChI is InChI=1S/C17H25FN4O4S/c1-2-3-8-19-17(24)20-16(23)13-21-9-11-22(12-10-21)27(25,26)15-6-4-14(18)5-7-15/h4-7H,2-3,8-13H2,1H3,(H2,19,20,23,24)/p+1. The van der Waals surface area contributed by atoms with Crippen molar-refractivity contribution >= 4 is 22.0 Å². The fourth-order valence-electron chi connectivity index (χ4n) is 2.80. The molecule has 1 aromatic rings. The van der Waals surface area contributed by atoms with E-state index in [1.54, 1.807) is 0 Å². The van der Waals surface area contributed by atoms with E-state index >= 15 is 0 Å². The van der Waals surface area contributed by atoms with Crippen molar-refractivity contribution in [1.29, 1.82) is 0 Å². The third-order valence-corrected chi connectivity index (χ3v) is 6.27. The van der Waals surface area contributed by atoms with E-state index < -0.39 is 27.8 Å². The minimum atomic E-state index is -3.67. The van der Waals surface area contributed by atoms with Crippen molar-refractivity contribution in [2.45, 2.75) is 24.7 Å². The first-order valence-electron chi connectivity index (χ1n) is 9.00. The monoisotopic (exact) mass is 401 g/mol. The number of unbranched alkanes of at least 4 members (excludes halogenated alkanes) is 1. The van der Waals surface area contributed by atoms with Gasteiger partial charge in [-0.1, -0.05) is 13.3 Å². The zero-order valence-electron chi connectivity index (χ0n) is 15.3. The van der Waals surface area contributed by atoms with Gasteiger partial charge in [-0.3, -0.25) is 10.1 Å². The Labute approximate surface area is 158 Å². The summed E-state index contributed by atoms with van der Waals surface area (Å²) >= 11 is 0. The summed E-state index contributed by atoms with van der Waals surface area (Å²) in [4.78, 5) is 24.4. The van der Waals surface area contributed by atoms with Crippen LogP contribution in [0, 0.1) is 5.82 Å². The molecule has 0 unspecified atom stereocenters. The maximum atomic E-state index is 13.0. The van der Waals surface area contributed by atoms with Gasteiger partial charge in [-0.2, -0.15) is 4.31 Å². The second kappa shape index (κ2) is 9.77. The van der Waals surface area contributed by atoms with Crippen LogP contribution in [0.3, 0.4) is 0 Å². The Bertz CT molecular complexity index is 747. The maximum Gasteiger partial charge on any atom is 0.321 e. The van der Waals surface area contributed by atoms with Gasteiger partial charge in [-0.25, -0.2) is 17.6 Å². The molecule has 27 heavy (non-hydrogen) atoms. The highest BCUT2D eigenvalue weighted by Gasteiger charge is 2.31. The molecule has 0 bridgehead atoms. The van der Waals surface area contributed by atoms with E-state index in [1.807, 2.05) is 6.92 Å². The lowest BCUT2D eigenvalue weighted by Crippen LogP contribution is -3.15. The van der Waals surface area contributed by atoms with Gasteiger partial charge >= 0.3 is 6.03 Å². The molecule has 10 heteroatoms. The van der Waals surface area contributed by atoms with Gasteiger partial charge in [0.25, 0.3) is 5.91 Å². The lowest BCUT2D eigenvalue weighted by Gasteiger charge is -2.31. The van der Waals surface area contributed by atoms with Crippen LogP contribution in [0.2, 0.25) is 0 Å². The molecule has 3 N–H and O–H groups in total. The number of carbonyl (C=O) groups excluding carboxylic acids is 2. The highest BCUT2D eigenvalue weighted by molar-refractivity contribution is 7.89. The zero-order valence-corrected chi connectivity index (χ0v) is 16.1. The summed E-state index contributed by atoms with van der Waals surface area (Å²) in [5.74, 6) is -0.887. The predicted octanol–water partition coefficient (Wildman–Crippen LogP) is -0.659. The molecule has 1 fully saturated rings. The number of amides is 3. The molecule has 1 heterocycles. The van der Waals surface area contributed by atoms with Crippen molar-refractivity contribution in [3.05, 3.63) is 30.1 Å². The van der Waals surface area contributed by atoms with Gasteiger partial charge in [0.15, 0.2) is 6.54 Å². The normalized spacial score (nSPS) is 16.1. The van der Waals surface area contributed by atoms with Gasteiger partial charge in [0.1, 0.15) is 5.82 Å². The summed E-state index contributed by atoms with van der Waals surface area (Å²) in [6.45, 7) is 4.03. The number of nitrogens with zero attached hydrogens (tertiary/aromatic N) is 1. The van der Waals surface area contributed by atoms with E-state index in [2.05, 4.69) is 10.6 Å². The molecular weight excluding hydrogens is 375 g/mol. The summed E-state index contributed by atoms with van der Waals surface area (Å²) < 4.78 is 39.4. The quantitative estimate of drug-likeness (QED) is 0.528. The maximum absolute atomic E-state index is 13.0. The molecule has 0 atom stereocenters. The number of sulfonamides is 1. The van der Waals surface area contributed by atoms with Crippen molar-refractivity contribution < 1.29 is 27.3 Å². The van der Waals surface area contributed by atoms with Gasteiger partial charge in [-0.15, -0.1) is 0 Å². The molecule has 1 aromatic carbocycles. The molecule has 150 valence electrons. The number of nitrogens with one attached hydrogen (secondary N) is 3. The van der Waals surface area contributed by atoms with Crippen LogP contribution in [0.5, 0.6) is 0 Å². The number of rotatable bonds is 7. The third kappa shape index (κ3) is 6.26. The highest BCUT2D eigenvalue weighted by atomic mass is 32.2. The summed E-state index contributed by atoms with van der Waals surface area (Å²) in [7, 11) is -3.67. The Morgan fingerprint density at radius 2 is 1.81 bits per heavy atom. The lowest BCUT2D eigenvalue weighted by atomic mass is 10.3. The number of halogens is 1. The number of hydrogen-bond acceptors (Lipinski definition) is 4. The average Bonchev–Trinajstić information content (AvgIpc) is 2.62. The third-order valence-electron chi connectivity index (χ3n) is 4.36. The fraction of sp³-hybridized carbons (Fsp3) is 0.529. The van der Waals surface area contributed by atoms with Gasteiger partial charge in [-0.05, 0) is 30.7 Å². The zero-order chi connectivity index (χ0) is 19.9. The van der Waals surface area contributed by atoms with E-state index in [0.29, 0.717) is 19.6 Å². The molecule has 3 amide bonds. The second-order valence-corrected chi connectivity index (χ2v) is 8.38. The number of imide groups is 1. The minimum Gasteiger partial charge on any atom is -0.338 e. The first-order chi connectivity index (χ1) is 12.8. The van der Waals surface area contributed by atoms with E-state index in [1.165, 1.54) is 16.4 Å². The van der Waals surface area contributed by atoms with Gasteiger partial charge in [0.05, 0.1) is 31.1 Å². The first kappa shape index (κ1) is 21.3. The van der Waals surface area contributed by atoms with Crippen molar-refractivity contribution in [2.75, 3.05) is 39.3 Å². The average molecular weight is 401 g/mol. The minimum absolute atomic E-state index is 0.0499. The number of piperazine rings is 1. The van der Waals surface area contributed by atoms with Gasteiger partial charge in [0.2, 0.25) is 10.0 Å². The summed E-state index contributed by atoms with van der Waals surface area (Å²) in [5.41, 5.74) is 0. The number of benzene rings is 1. The van der Waals surface area contributed by atoms with E-state index in [9.17, 15) is 22.4 Å². The van der Waals surface area contributed by atoms with Crippen LogP contribution in [-0.2, 0) is 14.8 Å². The molecule has 0 spiro atoms.